The number of carbonyl (C=O) groups is 1. The van der Waals surface area contributed by atoms with Gasteiger partial charge in [-0.15, -0.1) is 0 Å². The first-order valence-electron chi connectivity index (χ1n) is 2.55. The van der Waals surface area contributed by atoms with E-state index in [-0.39, 0.29) is 5.92 Å². The first-order valence-corrected chi connectivity index (χ1v) is 3.46. The minimum atomic E-state index is -0.902. The van der Waals surface area contributed by atoms with Crippen LogP contribution in [0.25, 0.3) is 0 Å². The summed E-state index contributed by atoms with van der Waals surface area (Å²) in [7, 11) is 0. The van der Waals surface area contributed by atoms with E-state index in [0.717, 1.165) is 12.8 Å². The van der Waals surface area contributed by atoms with Crippen LogP contribution in [0.5, 0.6) is 0 Å². The fourth-order valence-electron chi connectivity index (χ4n) is 0.741. The molecule has 0 atom stereocenters. The van der Waals surface area contributed by atoms with Crippen molar-refractivity contribution < 1.29 is 9.90 Å². The van der Waals surface area contributed by atoms with E-state index in [1.54, 1.807) is 0 Å². The molecule has 1 aliphatic rings. The number of alkyl halides is 1. The summed E-state index contributed by atoms with van der Waals surface area (Å²) >= 11 is 3.28. The number of aliphatic carboxylic acids is 1. The summed E-state index contributed by atoms with van der Waals surface area (Å²) in [5.74, 6) is -1.08. The van der Waals surface area contributed by atoms with E-state index in [9.17, 15) is 9.90 Å². The van der Waals surface area contributed by atoms with Gasteiger partial charge in [-0.05, 0) is 12.8 Å². The van der Waals surface area contributed by atoms with Gasteiger partial charge in [-0.1, -0.05) is 15.9 Å². The molecule has 0 spiro atoms. The van der Waals surface area contributed by atoms with Crippen LogP contribution >= 0.6 is 15.9 Å². The number of carboxylic acid groups (broad SMARTS) is 1. The number of rotatable bonds is 1. The third-order valence-corrected chi connectivity index (χ3v) is 2.16. The van der Waals surface area contributed by atoms with Crippen LogP contribution in [0.4, 0.5) is 0 Å². The van der Waals surface area contributed by atoms with Crippen molar-refractivity contribution in [3.05, 3.63) is 0 Å². The van der Waals surface area contributed by atoms with Gasteiger partial charge in [0.05, 0.1) is 0 Å². The average Bonchev–Trinajstić information content (AvgIpc) is 1.57. The number of carboxylic acids is 1. The van der Waals surface area contributed by atoms with Gasteiger partial charge in [0.25, 0.3) is 0 Å². The molecule has 0 unspecified atom stereocenters. The number of halogens is 1. The van der Waals surface area contributed by atoms with Crippen molar-refractivity contribution in [1.82, 2.24) is 0 Å². The van der Waals surface area contributed by atoms with Crippen LogP contribution in [-0.4, -0.2) is 10.8 Å². The van der Waals surface area contributed by atoms with E-state index in [1.807, 2.05) is 0 Å². The Balaban J connectivity index is 2.25. The summed E-state index contributed by atoms with van der Waals surface area (Å²) in [5.41, 5.74) is 0. The Labute approximate surface area is 56.0 Å². The van der Waals surface area contributed by atoms with Crippen LogP contribution in [0.3, 0.4) is 0 Å². The molecule has 8 heavy (non-hydrogen) atoms. The maximum absolute atomic E-state index is 10.00. The van der Waals surface area contributed by atoms with Crippen LogP contribution < -0.4 is 5.11 Å². The number of hydrogen-bond acceptors (Lipinski definition) is 2. The second-order valence-electron chi connectivity index (χ2n) is 2.08. The van der Waals surface area contributed by atoms with Crippen molar-refractivity contribution in [2.45, 2.75) is 17.7 Å². The molecular formula is C5H6BrO2-. The predicted molar refractivity (Wildman–Crippen MR) is 30.4 cm³/mol. The molecule has 1 aliphatic carbocycles. The minimum Gasteiger partial charge on any atom is -0.550 e. The minimum absolute atomic E-state index is 0.181. The fourth-order valence-corrected chi connectivity index (χ4v) is 1.64. The fraction of sp³-hybridized carbons (Fsp3) is 0.800. The molecule has 0 bridgehead atoms. The summed E-state index contributed by atoms with van der Waals surface area (Å²) in [4.78, 5) is 10.4. The molecule has 0 aromatic carbocycles. The van der Waals surface area contributed by atoms with E-state index in [0.29, 0.717) is 4.83 Å². The van der Waals surface area contributed by atoms with Crippen LogP contribution in [0, 0.1) is 5.92 Å². The molecule has 0 amide bonds. The Morgan fingerprint density at radius 2 is 2.12 bits per heavy atom. The smallest absolute Gasteiger partial charge is 0.0446 e. The first kappa shape index (κ1) is 6.08. The summed E-state index contributed by atoms with van der Waals surface area (Å²) in [6.07, 6.45) is 1.48. The average molecular weight is 178 g/mol. The van der Waals surface area contributed by atoms with Crippen molar-refractivity contribution >= 4 is 21.9 Å². The Bertz CT molecular complexity index is 107. The number of carbonyl (C=O) groups excluding carboxylic acids is 1. The zero-order valence-corrected chi connectivity index (χ0v) is 5.85. The van der Waals surface area contributed by atoms with Gasteiger partial charge in [0, 0.05) is 16.7 Å². The molecule has 1 rings (SSSR count). The summed E-state index contributed by atoms with van der Waals surface area (Å²) < 4.78 is 0. The van der Waals surface area contributed by atoms with Crippen LogP contribution in [0.15, 0.2) is 0 Å². The van der Waals surface area contributed by atoms with Crippen molar-refractivity contribution in [3.63, 3.8) is 0 Å². The topological polar surface area (TPSA) is 40.1 Å². The molecule has 0 N–H and O–H groups in total. The van der Waals surface area contributed by atoms with Crippen LogP contribution in [0.2, 0.25) is 0 Å². The molecule has 46 valence electrons. The lowest BCUT2D eigenvalue weighted by Crippen LogP contribution is -2.39. The standard InChI is InChI=1S/C5H7BrO2/c6-4-1-3(2-4)5(7)8/h3-4H,1-2H2,(H,7,8)/p-1. The van der Waals surface area contributed by atoms with Gasteiger partial charge in [0.1, 0.15) is 0 Å². The molecule has 1 saturated carbocycles. The van der Waals surface area contributed by atoms with Gasteiger partial charge in [0.2, 0.25) is 0 Å². The van der Waals surface area contributed by atoms with Gasteiger partial charge < -0.3 is 9.90 Å². The lowest BCUT2D eigenvalue weighted by Gasteiger charge is -2.31. The van der Waals surface area contributed by atoms with Gasteiger partial charge in [-0.25, -0.2) is 0 Å². The maximum Gasteiger partial charge on any atom is 0.0446 e. The molecule has 0 aromatic rings. The van der Waals surface area contributed by atoms with E-state index in [4.69, 9.17) is 0 Å². The zero-order chi connectivity index (χ0) is 6.15. The van der Waals surface area contributed by atoms with Gasteiger partial charge >= 0.3 is 0 Å². The third-order valence-electron chi connectivity index (χ3n) is 1.41. The zero-order valence-electron chi connectivity index (χ0n) is 4.26. The normalized spacial score (nSPS) is 36.1. The Hall–Kier alpha value is -0.0500. The van der Waals surface area contributed by atoms with E-state index < -0.39 is 5.97 Å². The van der Waals surface area contributed by atoms with E-state index in [1.165, 1.54) is 0 Å². The Morgan fingerprint density at radius 3 is 2.25 bits per heavy atom. The van der Waals surface area contributed by atoms with Crippen molar-refractivity contribution in [2.75, 3.05) is 0 Å². The molecule has 0 aliphatic heterocycles. The third kappa shape index (κ3) is 1.02. The SMILES string of the molecule is O=C([O-])C1CC(Br)C1. The lowest BCUT2D eigenvalue weighted by atomic mass is 9.86. The van der Waals surface area contributed by atoms with Crippen molar-refractivity contribution in [1.29, 1.82) is 0 Å². The van der Waals surface area contributed by atoms with Crippen molar-refractivity contribution in [2.24, 2.45) is 5.92 Å². The largest absolute Gasteiger partial charge is 0.550 e. The van der Waals surface area contributed by atoms with Crippen molar-refractivity contribution in [3.8, 4) is 0 Å². The summed E-state index contributed by atoms with van der Waals surface area (Å²) in [5, 5.41) is 10.00. The highest BCUT2D eigenvalue weighted by Crippen LogP contribution is 2.32. The molecule has 0 saturated heterocycles. The predicted octanol–water partition coefficient (Wildman–Crippen LogP) is -0.0902. The van der Waals surface area contributed by atoms with Gasteiger partial charge in [-0.3, -0.25) is 0 Å². The highest BCUT2D eigenvalue weighted by atomic mass is 79.9. The summed E-state index contributed by atoms with van der Waals surface area (Å²) in [6, 6.07) is 0. The lowest BCUT2D eigenvalue weighted by molar-refractivity contribution is -0.313. The molecule has 0 heterocycles. The molecular weight excluding hydrogens is 172 g/mol. The Kier molecular flexibility index (Phi) is 1.56. The van der Waals surface area contributed by atoms with E-state index in [2.05, 4.69) is 15.9 Å². The van der Waals surface area contributed by atoms with Crippen LogP contribution in [0.1, 0.15) is 12.8 Å². The molecule has 0 aromatic heterocycles. The number of hydrogen-bond donors (Lipinski definition) is 0. The second kappa shape index (κ2) is 2.05. The Morgan fingerprint density at radius 1 is 1.62 bits per heavy atom. The first-order chi connectivity index (χ1) is 3.70. The molecule has 2 nitrogen and oxygen atoms in total. The van der Waals surface area contributed by atoms with E-state index >= 15 is 0 Å². The quantitative estimate of drug-likeness (QED) is 0.526. The van der Waals surface area contributed by atoms with Crippen LogP contribution in [-0.2, 0) is 4.79 Å². The highest BCUT2D eigenvalue weighted by Gasteiger charge is 2.27. The van der Waals surface area contributed by atoms with Gasteiger partial charge in [0.15, 0.2) is 0 Å². The highest BCUT2D eigenvalue weighted by molar-refractivity contribution is 9.09. The molecule has 1 fully saturated rings. The second-order valence-corrected chi connectivity index (χ2v) is 3.38. The molecule has 3 heteroatoms. The van der Waals surface area contributed by atoms with Gasteiger partial charge in [-0.2, -0.15) is 0 Å². The maximum atomic E-state index is 10.00. The monoisotopic (exact) mass is 177 g/mol. The molecule has 0 radical (unpaired) electrons. The summed E-state index contributed by atoms with van der Waals surface area (Å²) in [6.45, 7) is 0.